The molecule has 0 atom stereocenters. The minimum absolute atomic E-state index is 0.241. The molecule has 154 valence electrons. The second-order valence-electron chi connectivity index (χ2n) is 6.47. The van der Waals surface area contributed by atoms with Crippen LogP contribution >= 0.6 is 0 Å². The number of piperazine rings is 1. The highest BCUT2D eigenvalue weighted by Gasteiger charge is 2.22. The molecule has 7 nitrogen and oxygen atoms in total. The first-order valence-corrected chi connectivity index (χ1v) is 9.26. The van der Waals surface area contributed by atoms with Gasteiger partial charge >= 0.3 is 5.97 Å². The number of carbonyl (C=O) groups is 2. The smallest absolute Gasteiger partial charge is 0.344 e. The van der Waals surface area contributed by atoms with Crippen molar-refractivity contribution in [3.8, 4) is 11.5 Å². The number of hydrogen-bond acceptors (Lipinski definition) is 6. The molecule has 0 radical (unpaired) electrons. The van der Waals surface area contributed by atoms with Crippen molar-refractivity contribution in [3.05, 3.63) is 54.3 Å². The summed E-state index contributed by atoms with van der Waals surface area (Å²) in [5, 5.41) is 0. The van der Waals surface area contributed by atoms with Crippen molar-refractivity contribution < 1.29 is 28.2 Å². The van der Waals surface area contributed by atoms with Gasteiger partial charge in [0.1, 0.15) is 17.3 Å². The number of halogens is 1. The van der Waals surface area contributed by atoms with Gasteiger partial charge in [-0.1, -0.05) is 0 Å². The summed E-state index contributed by atoms with van der Waals surface area (Å²) in [7, 11) is 1.63. The first-order valence-electron chi connectivity index (χ1n) is 9.26. The zero-order chi connectivity index (χ0) is 20.6. The van der Waals surface area contributed by atoms with Crippen LogP contribution in [0.15, 0.2) is 48.5 Å². The Bertz CT molecular complexity index is 818. The minimum atomic E-state index is -0.653. The van der Waals surface area contributed by atoms with Crippen LogP contribution in [0.25, 0.3) is 0 Å². The molecule has 1 aliphatic rings. The number of carbonyl (C=O) groups excluding carboxylic acids is 2. The van der Waals surface area contributed by atoms with Crippen LogP contribution in [-0.2, 0) is 14.3 Å². The first-order chi connectivity index (χ1) is 14.0. The number of rotatable bonds is 7. The summed E-state index contributed by atoms with van der Waals surface area (Å²) < 4.78 is 28.2. The van der Waals surface area contributed by atoms with E-state index in [1.807, 2.05) is 24.3 Å². The molecular weight excluding hydrogens is 379 g/mol. The van der Waals surface area contributed by atoms with Gasteiger partial charge in [0.15, 0.2) is 13.2 Å². The minimum Gasteiger partial charge on any atom is -0.497 e. The van der Waals surface area contributed by atoms with Gasteiger partial charge in [-0.2, -0.15) is 0 Å². The predicted molar refractivity (Wildman–Crippen MR) is 105 cm³/mol. The maximum absolute atomic E-state index is 12.8. The number of esters is 1. The Kier molecular flexibility index (Phi) is 6.89. The summed E-state index contributed by atoms with van der Waals surface area (Å²) in [6.07, 6.45) is 0. The largest absolute Gasteiger partial charge is 0.497 e. The molecule has 0 unspecified atom stereocenters. The van der Waals surface area contributed by atoms with Crippen LogP contribution in [0.2, 0.25) is 0 Å². The Hall–Kier alpha value is -3.29. The molecule has 0 spiro atoms. The van der Waals surface area contributed by atoms with Crippen LogP contribution in [0.3, 0.4) is 0 Å². The molecule has 0 bridgehead atoms. The van der Waals surface area contributed by atoms with E-state index < -0.39 is 11.8 Å². The normalized spacial score (nSPS) is 13.7. The van der Waals surface area contributed by atoms with Crippen LogP contribution in [0.4, 0.5) is 10.1 Å². The average molecular weight is 402 g/mol. The maximum atomic E-state index is 12.8. The van der Waals surface area contributed by atoms with Crippen molar-refractivity contribution in [3.63, 3.8) is 0 Å². The molecule has 0 aromatic heterocycles. The van der Waals surface area contributed by atoms with Crippen molar-refractivity contribution in [2.24, 2.45) is 0 Å². The Morgan fingerprint density at radius 3 is 2.14 bits per heavy atom. The molecule has 29 heavy (non-hydrogen) atoms. The third-order valence-electron chi connectivity index (χ3n) is 4.60. The molecule has 1 fully saturated rings. The van der Waals surface area contributed by atoms with E-state index in [9.17, 15) is 14.0 Å². The van der Waals surface area contributed by atoms with E-state index in [4.69, 9.17) is 14.2 Å². The summed E-state index contributed by atoms with van der Waals surface area (Å²) in [4.78, 5) is 27.9. The zero-order valence-corrected chi connectivity index (χ0v) is 16.2. The van der Waals surface area contributed by atoms with Gasteiger partial charge in [0.05, 0.1) is 7.11 Å². The van der Waals surface area contributed by atoms with Gasteiger partial charge in [-0.3, -0.25) is 4.79 Å². The topological polar surface area (TPSA) is 68.3 Å². The third kappa shape index (κ3) is 5.84. The van der Waals surface area contributed by atoms with E-state index in [1.165, 1.54) is 24.3 Å². The number of benzene rings is 2. The summed E-state index contributed by atoms with van der Waals surface area (Å²) >= 11 is 0. The highest BCUT2D eigenvalue weighted by Crippen LogP contribution is 2.20. The van der Waals surface area contributed by atoms with Crippen molar-refractivity contribution in [1.29, 1.82) is 0 Å². The second kappa shape index (κ2) is 9.77. The molecular formula is C21H23FN2O5. The fourth-order valence-corrected chi connectivity index (χ4v) is 2.96. The molecule has 0 saturated carbocycles. The fraction of sp³-hybridized carbons (Fsp3) is 0.333. The van der Waals surface area contributed by atoms with E-state index in [0.29, 0.717) is 31.9 Å². The summed E-state index contributed by atoms with van der Waals surface area (Å²) in [6, 6.07) is 13.1. The molecule has 2 aromatic carbocycles. The molecule has 0 aliphatic carbocycles. The Labute approximate surface area is 168 Å². The molecule has 8 heteroatoms. The maximum Gasteiger partial charge on any atom is 0.344 e. The molecule has 0 N–H and O–H groups in total. The van der Waals surface area contributed by atoms with Gasteiger partial charge in [0.2, 0.25) is 0 Å². The van der Waals surface area contributed by atoms with Crippen LogP contribution in [0, 0.1) is 5.82 Å². The summed E-state index contributed by atoms with van der Waals surface area (Å²) in [5.41, 5.74) is 1.07. The van der Waals surface area contributed by atoms with Gasteiger partial charge < -0.3 is 24.0 Å². The SMILES string of the molecule is COc1ccc(N2CCN(C(=O)COC(=O)COc3ccc(F)cc3)CC2)cc1. The quantitative estimate of drug-likeness (QED) is 0.661. The highest BCUT2D eigenvalue weighted by atomic mass is 19.1. The number of nitrogens with zero attached hydrogens (tertiary/aromatic N) is 2. The molecule has 3 rings (SSSR count). The van der Waals surface area contributed by atoms with Crippen molar-refractivity contribution >= 4 is 17.6 Å². The van der Waals surface area contributed by atoms with Gasteiger partial charge in [0.25, 0.3) is 5.91 Å². The highest BCUT2D eigenvalue weighted by molar-refractivity contribution is 5.81. The van der Waals surface area contributed by atoms with Crippen molar-refractivity contribution in [2.75, 3.05) is 51.4 Å². The van der Waals surface area contributed by atoms with E-state index in [0.717, 1.165) is 11.4 Å². The van der Waals surface area contributed by atoms with Gasteiger partial charge in [0, 0.05) is 31.9 Å². The predicted octanol–water partition coefficient (Wildman–Crippen LogP) is 2.11. The standard InChI is InChI=1S/C21H23FN2O5/c1-27-18-8-4-17(5-9-18)23-10-12-24(13-11-23)20(25)14-29-21(26)15-28-19-6-2-16(22)3-7-19/h2-9H,10-15H2,1H3. The zero-order valence-electron chi connectivity index (χ0n) is 16.2. The Balaban J connectivity index is 1.37. The molecule has 1 saturated heterocycles. The number of methoxy groups -OCH3 is 1. The lowest BCUT2D eigenvalue weighted by molar-refractivity contribution is -0.153. The lowest BCUT2D eigenvalue weighted by Crippen LogP contribution is -2.50. The van der Waals surface area contributed by atoms with E-state index in [-0.39, 0.29) is 19.1 Å². The third-order valence-corrected chi connectivity index (χ3v) is 4.60. The molecule has 1 aliphatic heterocycles. The lowest BCUT2D eigenvalue weighted by Gasteiger charge is -2.36. The number of anilines is 1. The van der Waals surface area contributed by atoms with Crippen LogP contribution < -0.4 is 14.4 Å². The fourth-order valence-electron chi connectivity index (χ4n) is 2.96. The average Bonchev–Trinajstić information content (AvgIpc) is 2.77. The van der Waals surface area contributed by atoms with Crippen LogP contribution in [0.1, 0.15) is 0 Å². The monoisotopic (exact) mass is 402 g/mol. The lowest BCUT2D eigenvalue weighted by atomic mass is 10.2. The van der Waals surface area contributed by atoms with Crippen LogP contribution in [0.5, 0.6) is 11.5 Å². The van der Waals surface area contributed by atoms with E-state index in [1.54, 1.807) is 12.0 Å². The van der Waals surface area contributed by atoms with Gasteiger partial charge in [-0.05, 0) is 48.5 Å². The Morgan fingerprint density at radius 1 is 0.897 bits per heavy atom. The van der Waals surface area contributed by atoms with Crippen molar-refractivity contribution in [2.45, 2.75) is 0 Å². The Morgan fingerprint density at radius 2 is 1.52 bits per heavy atom. The summed E-state index contributed by atoms with van der Waals surface area (Å²) in [5.74, 6) is -0.135. The van der Waals surface area contributed by atoms with Crippen molar-refractivity contribution in [1.82, 2.24) is 4.90 Å². The molecule has 2 aromatic rings. The number of ether oxygens (including phenoxy) is 3. The molecule has 1 heterocycles. The van der Waals surface area contributed by atoms with Gasteiger partial charge in [-0.15, -0.1) is 0 Å². The van der Waals surface area contributed by atoms with Crippen LogP contribution in [-0.4, -0.2) is 63.3 Å². The number of hydrogen-bond donors (Lipinski definition) is 0. The molecule has 1 amide bonds. The van der Waals surface area contributed by atoms with Gasteiger partial charge in [-0.25, -0.2) is 9.18 Å². The second-order valence-corrected chi connectivity index (χ2v) is 6.47. The number of amides is 1. The van der Waals surface area contributed by atoms with E-state index >= 15 is 0 Å². The summed E-state index contributed by atoms with van der Waals surface area (Å²) in [6.45, 7) is 1.82. The first kappa shape index (κ1) is 20.4. The van der Waals surface area contributed by atoms with E-state index in [2.05, 4.69) is 4.90 Å².